The lowest BCUT2D eigenvalue weighted by Crippen LogP contribution is -2.45. The van der Waals surface area contributed by atoms with Gasteiger partial charge in [0.15, 0.2) is 0 Å². The number of likely N-dealkylation sites (tertiary alicyclic amines) is 1. The minimum absolute atomic E-state index is 0.00522. The summed E-state index contributed by atoms with van der Waals surface area (Å²) < 4.78 is 11.2. The van der Waals surface area contributed by atoms with E-state index < -0.39 is 0 Å². The first kappa shape index (κ1) is 15.9. The molecule has 128 valence electrons. The molecule has 6 heteroatoms. The summed E-state index contributed by atoms with van der Waals surface area (Å²) in [5.74, 6) is 1.11. The Hall–Kier alpha value is -1.63. The number of piperidine rings is 1. The zero-order valence-corrected chi connectivity index (χ0v) is 14.3. The lowest BCUT2D eigenvalue weighted by molar-refractivity contribution is 0.0677. The molecule has 2 aromatic heterocycles. The van der Waals surface area contributed by atoms with Gasteiger partial charge in [0.2, 0.25) is 0 Å². The highest BCUT2D eigenvalue weighted by Crippen LogP contribution is 2.34. The van der Waals surface area contributed by atoms with Crippen molar-refractivity contribution >= 4 is 17.2 Å². The summed E-state index contributed by atoms with van der Waals surface area (Å²) in [5, 5.41) is 6.83. The second-order valence-corrected chi connectivity index (χ2v) is 7.45. The van der Waals surface area contributed by atoms with Crippen molar-refractivity contribution in [2.45, 2.75) is 19.1 Å². The van der Waals surface area contributed by atoms with Crippen LogP contribution < -0.4 is 5.32 Å². The number of carbonyl (C=O) groups is 1. The zero-order valence-electron chi connectivity index (χ0n) is 13.5. The van der Waals surface area contributed by atoms with Crippen molar-refractivity contribution in [3.8, 4) is 0 Å². The van der Waals surface area contributed by atoms with E-state index in [4.69, 9.17) is 9.15 Å². The monoisotopic (exact) mass is 346 g/mol. The van der Waals surface area contributed by atoms with E-state index in [2.05, 4.69) is 10.2 Å². The van der Waals surface area contributed by atoms with Gasteiger partial charge >= 0.3 is 0 Å². The minimum Gasteiger partial charge on any atom is -0.472 e. The lowest BCUT2D eigenvalue weighted by Gasteiger charge is -2.35. The number of ether oxygens (including phenoxy) is 1. The van der Waals surface area contributed by atoms with E-state index in [0.717, 1.165) is 38.2 Å². The number of hydrogen-bond acceptors (Lipinski definition) is 5. The average Bonchev–Trinajstić information content (AvgIpc) is 3.34. The molecule has 4 heterocycles. The Morgan fingerprint density at radius 2 is 2.38 bits per heavy atom. The van der Waals surface area contributed by atoms with Crippen LogP contribution in [-0.2, 0) is 11.3 Å². The van der Waals surface area contributed by atoms with Gasteiger partial charge in [-0.25, -0.2) is 0 Å². The Balaban J connectivity index is 1.32. The topological polar surface area (TPSA) is 54.7 Å². The maximum atomic E-state index is 12.1. The third-order valence-corrected chi connectivity index (χ3v) is 5.81. The molecule has 0 radical (unpaired) electrons. The van der Waals surface area contributed by atoms with Crippen LogP contribution in [0.4, 0.5) is 0 Å². The van der Waals surface area contributed by atoms with Gasteiger partial charge in [-0.15, -0.1) is 0 Å². The minimum atomic E-state index is -0.00522. The van der Waals surface area contributed by atoms with Gasteiger partial charge < -0.3 is 14.5 Å². The van der Waals surface area contributed by atoms with E-state index in [9.17, 15) is 4.79 Å². The van der Waals surface area contributed by atoms with Crippen LogP contribution >= 0.6 is 11.3 Å². The van der Waals surface area contributed by atoms with E-state index >= 15 is 0 Å². The first-order valence-electron chi connectivity index (χ1n) is 8.45. The van der Waals surface area contributed by atoms with E-state index in [1.807, 2.05) is 29.2 Å². The fourth-order valence-corrected chi connectivity index (χ4v) is 4.42. The largest absolute Gasteiger partial charge is 0.472 e. The Morgan fingerprint density at radius 1 is 1.42 bits per heavy atom. The van der Waals surface area contributed by atoms with E-state index in [1.165, 1.54) is 16.9 Å². The maximum Gasteiger partial charge on any atom is 0.252 e. The summed E-state index contributed by atoms with van der Waals surface area (Å²) in [4.78, 5) is 14.6. The number of nitrogens with one attached hydrogen (secondary N) is 1. The normalized spacial score (nSPS) is 27.1. The van der Waals surface area contributed by atoms with Crippen molar-refractivity contribution < 1.29 is 13.9 Å². The van der Waals surface area contributed by atoms with Gasteiger partial charge in [0.1, 0.15) is 0 Å². The molecule has 24 heavy (non-hydrogen) atoms. The maximum absolute atomic E-state index is 12.1. The molecule has 2 aliphatic heterocycles. The van der Waals surface area contributed by atoms with Crippen molar-refractivity contribution in [3.63, 3.8) is 0 Å². The number of hydrogen-bond donors (Lipinski definition) is 1. The second kappa shape index (κ2) is 7.09. The molecule has 0 aromatic carbocycles. The summed E-state index contributed by atoms with van der Waals surface area (Å²) in [6, 6.07) is 3.88. The van der Waals surface area contributed by atoms with Crippen molar-refractivity contribution in [1.29, 1.82) is 0 Å². The third kappa shape index (κ3) is 3.41. The molecular weight excluding hydrogens is 324 g/mol. The molecule has 2 saturated heterocycles. The Bertz CT molecular complexity index is 656. The quantitative estimate of drug-likeness (QED) is 0.904. The summed E-state index contributed by atoms with van der Waals surface area (Å²) in [6.45, 7) is 4.46. The van der Waals surface area contributed by atoms with Crippen LogP contribution in [0.3, 0.4) is 0 Å². The molecule has 3 atom stereocenters. The molecule has 5 nitrogen and oxygen atoms in total. The van der Waals surface area contributed by atoms with Crippen LogP contribution in [0.5, 0.6) is 0 Å². The number of rotatable bonds is 5. The van der Waals surface area contributed by atoms with Crippen LogP contribution in [0.2, 0.25) is 0 Å². The molecule has 4 rings (SSSR count). The molecule has 0 unspecified atom stereocenters. The predicted molar refractivity (Wildman–Crippen MR) is 92.0 cm³/mol. The van der Waals surface area contributed by atoms with Gasteiger partial charge in [-0.2, -0.15) is 11.3 Å². The molecule has 0 bridgehead atoms. The SMILES string of the molecule is O=C(NC[C@@H]1OC[C@H]2CCN(Cc3ccoc3)C[C@H]21)c1ccsc1. The highest BCUT2D eigenvalue weighted by atomic mass is 32.1. The Labute approximate surface area is 145 Å². The van der Waals surface area contributed by atoms with Gasteiger partial charge in [0.25, 0.3) is 5.91 Å². The molecule has 2 aliphatic rings. The van der Waals surface area contributed by atoms with Crippen molar-refractivity contribution in [3.05, 3.63) is 46.5 Å². The van der Waals surface area contributed by atoms with Crippen molar-refractivity contribution in [2.24, 2.45) is 11.8 Å². The zero-order chi connectivity index (χ0) is 16.4. The molecule has 1 N–H and O–H groups in total. The van der Waals surface area contributed by atoms with E-state index in [-0.39, 0.29) is 12.0 Å². The number of amides is 1. The van der Waals surface area contributed by atoms with Gasteiger partial charge in [-0.3, -0.25) is 9.69 Å². The van der Waals surface area contributed by atoms with Crippen LogP contribution in [-0.4, -0.2) is 43.2 Å². The van der Waals surface area contributed by atoms with E-state index in [0.29, 0.717) is 18.4 Å². The van der Waals surface area contributed by atoms with Gasteiger partial charge in [0.05, 0.1) is 25.2 Å². The molecule has 0 saturated carbocycles. The fraction of sp³-hybridized carbons (Fsp3) is 0.500. The number of thiophene rings is 1. The number of carbonyl (C=O) groups excluding carboxylic acids is 1. The van der Waals surface area contributed by atoms with Gasteiger partial charge in [-0.1, -0.05) is 0 Å². The van der Waals surface area contributed by atoms with Gasteiger partial charge in [-0.05, 0) is 36.4 Å². The average molecular weight is 346 g/mol. The van der Waals surface area contributed by atoms with Crippen molar-refractivity contribution in [2.75, 3.05) is 26.2 Å². The van der Waals surface area contributed by atoms with E-state index in [1.54, 1.807) is 6.26 Å². The highest BCUT2D eigenvalue weighted by Gasteiger charge is 2.40. The first-order valence-corrected chi connectivity index (χ1v) is 9.39. The molecular formula is C18H22N2O3S. The molecule has 0 spiro atoms. The molecule has 2 aromatic rings. The summed E-state index contributed by atoms with van der Waals surface area (Å²) in [7, 11) is 0. The second-order valence-electron chi connectivity index (χ2n) is 6.67. The highest BCUT2D eigenvalue weighted by molar-refractivity contribution is 7.08. The Morgan fingerprint density at radius 3 is 3.17 bits per heavy atom. The Kier molecular flexibility index (Phi) is 4.69. The molecule has 2 fully saturated rings. The number of nitrogens with zero attached hydrogens (tertiary/aromatic N) is 1. The van der Waals surface area contributed by atoms with Crippen LogP contribution in [0.25, 0.3) is 0 Å². The standard InChI is InChI=1S/C18H22N2O3S/c21-18(15-3-6-24-12-15)19-7-17-16-9-20(4-1-14(16)11-23-17)8-13-2-5-22-10-13/h2-3,5-6,10,12,14,16-17H,1,4,7-9,11H2,(H,19,21)/t14-,16-,17+/m1/s1. The first-order chi connectivity index (χ1) is 11.8. The fourth-order valence-electron chi connectivity index (χ4n) is 3.78. The smallest absolute Gasteiger partial charge is 0.252 e. The summed E-state index contributed by atoms with van der Waals surface area (Å²) in [6.07, 6.45) is 4.82. The van der Waals surface area contributed by atoms with Gasteiger partial charge in [0, 0.05) is 42.1 Å². The molecule has 1 amide bonds. The van der Waals surface area contributed by atoms with Crippen molar-refractivity contribution in [1.82, 2.24) is 10.2 Å². The van der Waals surface area contributed by atoms with Crippen LogP contribution in [0.1, 0.15) is 22.3 Å². The third-order valence-electron chi connectivity index (χ3n) is 5.13. The molecule has 0 aliphatic carbocycles. The summed E-state index contributed by atoms with van der Waals surface area (Å²) in [5.41, 5.74) is 1.95. The lowest BCUT2D eigenvalue weighted by atomic mass is 9.84. The number of furan rings is 1. The number of fused-ring (bicyclic) bond motifs is 1. The summed E-state index contributed by atoms with van der Waals surface area (Å²) >= 11 is 1.54. The van der Waals surface area contributed by atoms with Crippen LogP contribution in [0.15, 0.2) is 39.8 Å². The van der Waals surface area contributed by atoms with Crippen LogP contribution in [0, 0.1) is 11.8 Å². The predicted octanol–water partition coefficient (Wildman–Crippen LogP) is 2.61.